The minimum absolute atomic E-state index is 0. The topological polar surface area (TPSA) is 27.7 Å². The Morgan fingerprint density at radius 1 is 0.590 bits per heavy atom. The zero-order chi connectivity index (χ0) is 27.9. The van der Waals surface area contributed by atoms with Crippen LogP contribution in [0.4, 0.5) is 0 Å². The first kappa shape index (κ1) is 39.1. The highest BCUT2D eigenvalue weighted by Crippen LogP contribution is 2.24. The van der Waals surface area contributed by atoms with E-state index >= 15 is 0 Å². The van der Waals surface area contributed by atoms with Gasteiger partial charge in [-0.25, -0.2) is 0 Å². The summed E-state index contributed by atoms with van der Waals surface area (Å²) >= 11 is 0. The highest BCUT2D eigenvalue weighted by Gasteiger charge is 2.42. The van der Waals surface area contributed by atoms with Gasteiger partial charge in [0.05, 0.1) is 0 Å². The second-order valence-electron chi connectivity index (χ2n) is 10.2. The van der Waals surface area contributed by atoms with Gasteiger partial charge in [-0.05, 0) is 56.0 Å². The van der Waals surface area contributed by atoms with Crippen molar-refractivity contribution in [2.24, 2.45) is 5.92 Å². The van der Waals surface area contributed by atoms with Crippen LogP contribution in [0.5, 0.6) is 0 Å². The Morgan fingerprint density at radius 3 is 1.26 bits per heavy atom. The Labute approximate surface area is 244 Å². The molecule has 0 saturated heterocycles. The van der Waals surface area contributed by atoms with Crippen LogP contribution in [-0.2, 0) is 31.5 Å². The molecule has 0 bridgehead atoms. The molecule has 0 fully saturated rings. The van der Waals surface area contributed by atoms with Crippen molar-refractivity contribution in [1.82, 2.24) is 0 Å². The lowest BCUT2D eigenvalue weighted by molar-refractivity contribution is 0.239. The van der Waals surface area contributed by atoms with E-state index in [0.29, 0.717) is 0 Å². The fourth-order valence-corrected chi connectivity index (χ4v) is 11.1. The third-order valence-corrected chi connectivity index (χ3v) is 13.4. The standard InChI is InChI=1S/C20H30O3Si2.C10H14.C2H6.2CH4/c1-17-7-11-19(12-8-17)15-24(5,21-3)23-25(6,22-4)16-20-13-9-18(2)10-14-20;1-9(2)8-10-6-4-3-5-7-10;1-2;;/h7-14H,15-16H2,1-6H3;3-7,9H,8H2,1-2H3;1-2H3;2*1H4. The molecule has 220 valence electrons. The summed E-state index contributed by atoms with van der Waals surface area (Å²) in [4.78, 5) is 0. The third kappa shape index (κ3) is 15.4. The molecule has 0 N–H and O–H groups in total. The molecule has 0 aliphatic carbocycles. The molecule has 3 aromatic rings. The first-order valence-corrected chi connectivity index (χ1v) is 18.6. The zero-order valence-corrected chi connectivity index (χ0v) is 26.9. The first-order valence-electron chi connectivity index (χ1n) is 13.5. The lowest BCUT2D eigenvalue weighted by Crippen LogP contribution is -2.54. The summed E-state index contributed by atoms with van der Waals surface area (Å²) in [6.07, 6.45) is 1.20. The van der Waals surface area contributed by atoms with Crippen LogP contribution < -0.4 is 0 Å². The van der Waals surface area contributed by atoms with E-state index in [2.05, 4.69) is 120 Å². The first-order chi connectivity index (χ1) is 17.6. The molecule has 0 spiro atoms. The second kappa shape index (κ2) is 19.9. The van der Waals surface area contributed by atoms with Crippen LogP contribution in [0.15, 0.2) is 78.9 Å². The number of benzene rings is 3. The molecule has 0 amide bonds. The van der Waals surface area contributed by atoms with Crippen LogP contribution in [-0.4, -0.2) is 31.3 Å². The van der Waals surface area contributed by atoms with Gasteiger partial charge in [0.15, 0.2) is 0 Å². The smallest absolute Gasteiger partial charge is 0.330 e. The minimum Gasteiger partial charge on any atom is -0.414 e. The molecule has 5 heteroatoms. The minimum atomic E-state index is -2.37. The SMILES string of the molecule is C.C.CC.CC(C)Cc1ccccc1.CO[Si](C)(Cc1ccc(C)cc1)O[Si](C)(Cc1ccc(C)cc1)OC. The van der Waals surface area contributed by atoms with E-state index in [0.717, 1.165) is 18.0 Å². The van der Waals surface area contributed by atoms with E-state index in [1.54, 1.807) is 14.2 Å². The van der Waals surface area contributed by atoms with Gasteiger partial charge in [0.1, 0.15) is 0 Å². The van der Waals surface area contributed by atoms with Crippen LogP contribution in [0.2, 0.25) is 13.1 Å². The highest BCUT2D eigenvalue weighted by molar-refractivity contribution is 6.79. The number of rotatable bonds is 10. The van der Waals surface area contributed by atoms with Crippen molar-refractivity contribution in [3.8, 4) is 0 Å². The van der Waals surface area contributed by atoms with Crippen molar-refractivity contribution < 1.29 is 13.0 Å². The Bertz CT molecular complexity index is 932. The molecule has 0 radical (unpaired) electrons. The lowest BCUT2D eigenvalue weighted by atomic mass is 10.0. The van der Waals surface area contributed by atoms with Gasteiger partial charge in [-0.1, -0.05) is 133 Å². The average molecular weight is 571 g/mol. The average Bonchev–Trinajstić information content (AvgIpc) is 2.89. The summed E-state index contributed by atoms with van der Waals surface area (Å²) in [7, 11) is -1.21. The van der Waals surface area contributed by atoms with Crippen molar-refractivity contribution in [3.63, 3.8) is 0 Å². The van der Waals surface area contributed by atoms with Crippen LogP contribution in [0.3, 0.4) is 0 Å². The quantitative estimate of drug-likeness (QED) is 0.227. The molecular weight excluding hydrogens is 513 g/mol. The molecule has 2 atom stereocenters. The zero-order valence-electron chi connectivity index (χ0n) is 24.9. The van der Waals surface area contributed by atoms with Crippen molar-refractivity contribution >= 4 is 17.1 Å². The summed E-state index contributed by atoms with van der Waals surface area (Å²) in [6, 6.07) is 29.5. The summed E-state index contributed by atoms with van der Waals surface area (Å²) in [5.41, 5.74) is 6.48. The Balaban J connectivity index is 0. The number of aryl methyl sites for hydroxylation is 2. The maximum absolute atomic E-state index is 6.63. The van der Waals surface area contributed by atoms with Crippen LogP contribution >= 0.6 is 0 Å². The largest absolute Gasteiger partial charge is 0.414 e. The van der Waals surface area contributed by atoms with Gasteiger partial charge in [0.25, 0.3) is 0 Å². The molecule has 3 nitrogen and oxygen atoms in total. The highest BCUT2D eigenvalue weighted by atomic mass is 28.5. The van der Waals surface area contributed by atoms with Crippen molar-refractivity contribution in [3.05, 3.63) is 107 Å². The van der Waals surface area contributed by atoms with Gasteiger partial charge in [-0.3, -0.25) is 0 Å². The fraction of sp³-hybridized carbons (Fsp3) is 0.471. The summed E-state index contributed by atoms with van der Waals surface area (Å²) in [5, 5.41) is 0. The molecule has 3 rings (SSSR count). The van der Waals surface area contributed by atoms with Crippen LogP contribution in [0, 0.1) is 19.8 Å². The van der Waals surface area contributed by atoms with Gasteiger partial charge < -0.3 is 13.0 Å². The van der Waals surface area contributed by atoms with E-state index in [4.69, 9.17) is 13.0 Å². The predicted octanol–water partition coefficient (Wildman–Crippen LogP) is 9.80. The van der Waals surface area contributed by atoms with E-state index in [-0.39, 0.29) is 14.9 Å². The maximum Gasteiger partial charge on any atom is 0.330 e. The molecule has 0 aliphatic heterocycles. The molecule has 2 unspecified atom stereocenters. The number of hydrogen-bond acceptors (Lipinski definition) is 3. The Morgan fingerprint density at radius 2 is 0.949 bits per heavy atom. The van der Waals surface area contributed by atoms with Crippen molar-refractivity contribution in [2.45, 2.75) is 88.0 Å². The molecule has 0 aliphatic rings. The summed E-state index contributed by atoms with van der Waals surface area (Å²) < 4.78 is 18.4. The molecule has 0 heterocycles. The van der Waals surface area contributed by atoms with Crippen LogP contribution in [0.25, 0.3) is 0 Å². The summed E-state index contributed by atoms with van der Waals surface area (Å²) in [5.74, 6) is 0.766. The third-order valence-electron chi connectivity index (χ3n) is 6.07. The van der Waals surface area contributed by atoms with Gasteiger partial charge in [-0.15, -0.1) is 0 Å². The molecule has 3 aromatic carbocycles. The predicted molar refractivity (Wildman–Crippen MR) is 178 cm³/mol. The second-order valence-corrected chi connectivity index (χ2v) is 17.1. The fourth-order valence-electron chi connectivity index (χ4n) is 4.00. The molecular formula is C34H58O3Si2. The normalized spacial score (nSPS) is 13.2. The molecule has 0 saturated carbocycles. The maximum atomic E-state index is 6.63. The van der Waals surface area contributed by atoms with Gasteiger partial charge >= 0.3 is 17.1 Å². The Hall–Kier alpha value is -2.03. The van der Waals surface area contributed by atoms with E-state index in [1.807, 2.05) is 13.8 Å². The lowest BCUT2D eigenvalue weighted by Gasteiger charge is -2.35. The Kier molecular flexibility index (Phi) is 20.0. The van der Waals surface area contributed by atoms with E-state index in [9.17, 15) is 0 Å². The molecule has 0 aromatic heterocycles. The molecule has 39 heavy (non-hydrogen) atoms. The van der Waals surface area contributed by atoms with Gasteiger partial charge in [-0.2, -0.15) is 0 Å². The monoisotopic (exact) mass is 570 g/mol. The summed E-state index contributed by atoms with van der Waals surface area (Å²) in [6.45, 7) is 17.0. The number of hydrogen-bond donors (Lipinski definition) is 0. The van der Waals surface area contributed by atoms with E-state index in [1.165, 1.54) is 34.2 Å². The van der Waals surface area contributed by atoms with Crippen molar-refractivity contribution in [2.75, 3.05) is 14.2 Å². The van der Waals surface area contributed by atoms with Crippen molar-refractivity contribution in [1.29, 1.82) is 0 Å². The van der Waals surface area contributed by atoms with Gasteiger partial charge in [0, 0.05) is 26.3 Å². The van der Waals surface area contributed by atoms with Crippen LogP contribution in [0.1, 0.15) is 70.4 Å². The van der Waals surface area contributed by atoms with E-state index < -0.39 is 17.1 Å². The van der Waals surface area contributed by atoms with Gasteiger partial charge in [0.2, 0.25) is 0 Å².